The van der Waals surface area contributed by atoms with Crippen LogP contribution in [-0.2, 0) is 0 Å². The van der Waals surface area contributed by atoms with Crippen LogP contribution in [0.3, 0.4) is 0 Å². The molecule has 1 saturated heterocycles. The molecule has 1 aromatic heterocycles. The van der Waals surface area contributed by atoms with Gasteiger partial charge in [-0.25, -0.2) is 10.8 Å². The maximum Gasteiger partial charge on any atom is 0.161 e. The van der Waals surface area contributed by atoms with Crippen molar-refractivity contribution in [3.05, 3.63) is 16.1 Å². The second-order valence-corrected chi connectivity index (χ2v) is 6.26. The van der Waals surface area contributed by atoms with E-state index >= 15 is 0 Å². The Hall–Kier alpha value is -0.360. The van der Waals surface area contributed by atoms with Crippen molar-refractivity contribution in [2.45, 2.75) is 12.2 Å². The average Bonchev–Trinajstić information content (AvgIpc) is 2.29. The second-order valence-electron chi connectivity index (χ2n) is 3.90. The van der Waals surface area contributed by atoms with E-state index in [1.54, 1.807) is 6.07 Å². The first-order valence-corrected chi connectivity index (χ1v) is 7.11. The highest BCUT2D eigenvalue weighted by molar-refractivity contribution is 8.00. The van der Waals surface area contributed by atoms with Crippen LogP contribution in [0.1, 0.15) is 6.92 Å². The monoisotopic (exact) mass is 292 g/mol. The van der Waals surface area contributed by atoms with E-state index in [4.69, 9.17) is 29.0 Å². The van der Waals surface area contributed by atoms with Crippen LogP contribution in [0.25, 0.3) is 0 Å². The van der Waals surface area contributed by atoms with Crippen molar-refractivity contribution < 1.29 is 0 Å². The molecule has 1 aliphatic rings. The molecule has 1 fully saturated rings. The van der Waals surface area contributed by atoms with Gasteiger partial charge in [0, 0.05) is 24.1 Å². The van der Waals surface area contributed by atoms with E-state index in [-0.39, 0.29) is 0 Å². The zero-order valence-electron chi connectivity index (χ0n) is 9.41. The largest absolute Gasteiger partial charge is 0.353 e. The van der Waals surface area contributed by atoms with Crippen LogP contribution in [0.2, 0.25) is 10.0 Å². The Morgan fingerprint density at radius 3 is 2.94 bits per heavy atom. The summed E-state index contributed by atoms with van der Waals surface area (Å²) >= 11 is 14.1. The number of nitrogens with two attached hydrogens (primary N) is 1. The van der Waals surface area contributed by atoms with Crippen molar-refractivity contribution in [3.63, 3.8) is 0 Å². The third kappa shape index (κ3) is 2.91. The number of hydrogen-bond acceptors (Lipinski definition) is 5. The lowest BCUT2D eigenvalue weighted by Crippen LogP contribution is -2.37. The number of nitrogens with one attached hydrogen (secondary N) is 1. The van der Waals surface area contributed by atoms with Crippen LogP contribution >= 0.6 is 35.0 Å². The summed E-state index contributed by atoms with van der Waals surface area (Å²) in [5.74, 6) is 7.64. The summed E-state index contributed by atoms with van der Waals surface area (Å²) in [5.41, 5.74) is 2.48. The Labute approximate surface area is 115 Å². The van der Waals surface area contributed by atoms with Crippen molar-refractivity contribution in [1.82, 2.24) is 4.98 Å². The second kappa shape index (κ2) is 5.52. The van der Waals surface area contributed by atoms with Gasteiger partial charge in [0.05, 0.1) is 10.0 Å². The summed E-state index contributed by atoms with van der Waals surface area (Å²) in [6.45, 7) is 4.07. The van der Waals surface area contributed by atoms with Gasteiger partial charge < -0.3 is 10.3 Å². The standard InChI is InChI=1S/C10H14Cl2N4S/c1-6-5-16(2-3-17-6)10-8(12)4-7(11)9(14-10)15-13/h4,6H,2-3,5,13H2,1H3,(H,14,15). The Kier molecular flexibility index (Phi) is 4.25. The molecule has 2 rings (SSSR count). The number of anilines is 2. The molecular formula is C10H14Cl2N4S. The fourth-order valence-corrected chi connectivity index (χ4v) is 3.34. The van der Waals surface area contributed by atoms with E-state index in [1.165, 1.54) is 0 Å². The minimum Gasteiger partial charge on any atom is -0.353 e. The summed E-state index contributed by atoms with van der Waals surface area (Å²) in [6.07, 6.45) is 0. The topological polar surface area (TPSA) is 54.2 Å². The lowest BCUT2D eigenvalue weighted by Gasteiger charge is -2.32. The van der Waals surface area contributed by atoms with Gasteiger partial charge in [0.25, 0.3) is 0 Å². The first-order valence-electron chi connectivity index (χ1n) is 5.31. The van der Waals surface area contributed by atoms with Crippen LogP contribution in [-0.4, -0.2) is 29.1 Å². The molecule has 0 amide bonds. The van der Waals surface area contributed by atoms with Crippen LogP contribution in [0, 0.1) is 0 Å². The molecule has 0 aliphatic carbocycles. The number of hydrazine groups is 1. The molecule has 0 aromatic carbocycles. The summed E-state index contributed by atoms with van der Waals surface area (Å²) in [6, 6.07) is 1.67. The summed E-state index contributed by atoms with van der Waals surface area (Å²) < 4.78 is 0. The summed E-state index contributed by atoms with van der Waals surface area (Å²) in [7, 11) is 0. The highest BCUT2D eigenvalue weighted by Gasteiger charge is 2.21. The molecule has 1 atom stereocenters. The van der Waals surface area contributed by atoms with Crippen LogP contribution in [0.5, 0.6) is 0 Å². The summed E-state index contributed by atoms with van der Waals surface area (Å²) in [5, 5.41) is 1.57. The lowest BCUT2D eigenvalue weighted by atomic mass is 10.3. The van der Waals surface area contributed by atoms with Crippen molar-refractivity contribution in [3.8, 4) is 0 Å². The third-order valence-electron chi connectivity index (χ3n) is 2.59. The van der Waals surface area contributed by atoms with Crippen LogP contribution in [0.4, 0.5) is 11.6 Å². The molecule has 3 N–H and O–H groups in total. The normalized spacial score (nSPS) is 20.5. The summed E-state index contributed by atoms with van der Waals surface area (Å²) in [4.78, 5) is 6.53. The van der Waals surface area contributed by atoms with E-state index in [2.05, 4.69) is 22.2 Å². The molecule has 4 nitrogen and oxygen atoms in total. The van der Waals surface area contributed by atoms with E-state index in [0.29, 0.717) is 21.1 Å². The Bertz CT molecular complexity index is 416. The van der Waals surface area contributed by atoms with Crippen molar-refractivity contribution in [2.75, 3.05) is 29.2 Å². The van der Waals surface area contributed by atoms with E-state index in [0.717, 1.165) is 24.7 Å². The zero-order chi connectivity index (χ0) is 12.4. The lowest BCUT2D eigenvalue weighted by molar-refractivity contribution is 0.771. The zero-order valence-corrected chi connectivity index (χ0v) is 11.7. The number of aromatic nitrogens is 1. The Morgan fingerprint density at radius 1 is 1.53 bits per heavy atom. The van der Waals surface area contributed by atoms with Gasteiger partial charge in [0.15, 0.2) is 5.82 Å². The molecule has 0 radical (unpaired) electrons. The highest BCUT2D eigenvalue weighted by Crippen LogP contribution is 2.33. The average molecular weight is 293 g/mol. The number of halogens is 2. The number of hydrogen-bond donors (Lipinski definition) is 2. The number of thioether (sulfide) groups is 1. The molecule has 17 heavy (non-hydrogen) atoms. The van der Waals surface area contributed by atoms with Crippen molar-refractivity contribution >= 4 is 46.6 Å². The van der Waals surface area contributed by atoms with Gasteiger partial charge in [-0.05, 0) is 6.07 Å². The molecule has 1 aliphatic heterocycles. The van der Waals surface area contributed by atoms with E-state index in [9.17, 15) is 0 Å². The molecule has 94 valence electrons. The van der Waals surface area contributed by atoms with Gasteiger partial charge in [-0.3, -0.25) is 0 Å². The van der Waals surface area contributed by atoms with E-state index < -0.39 is 0 Å². The third-order valence-corrected chi connectivity index (χ3v) is 4.29. The van der Waals surface area contributed by atoms with E-state index in [1.807, 2.05) is 11.8 Å². The molecule has 1 unspecified atom stereocenters. The smallest absolute Gasteiger partial charge is 0.161 e. The molecule has 1 aromatic rings. The Morgan fingerprint density at radius 2 is 2.29 bits per heavy atom. The highest BCUT2D eigenvalue weighted by atomic mass is 35.5. The molecular weight excluding hydrogens is 279 g/mol. The fourth-order valence-electron chi connectivity index (χ4n) is 1.79. The predicted octanol–water partition coefficient (Wildman–Crippen LogP) is 2.62. The van der Waals surface area contributed by atoms with Gasteiger partial charge in [0.1, 0.15) is 5.82 Å². The van der Waals surface area contributed by atoms with Gasteiger partial charge >= 0.3 is 0 Å². The van der Waals surface area contributed by atoms with Crippen molar-refractivity contribution in [1.29, 1.82) is 0 Å². The fraction of sp³-hybridized carbons (Fsp3) is 0.500. The van der Waals surface area contributed by atoms with Gasteiger partial charge in [-0.2, -0.15) is 11.8 Å². The molecule has 0 spiro atoms. The first-order chi connectivity index (χ1) is 8.11. The molecule has 7 heteroatoms. The number of rotatable bonds is 2. The number of nitrogen functional groups attached to an aromatic ring is 1. The van der Waals surface area contributed by atoms with Crippen molar-refractivity contribution in [2.24, 2.45) is 5.84 Å². The first kappa shape index (κ1) is 13.1. The predicted molar refractivity (Wildman–Crippen MR) is 76.2 cm³/mol. The Balaban J connectivity index is 2.30. The number of nitrogens with zero attached hydrogens (tertiary/aromatic N) is 2. The van der Waals surface area contributed by atoms with Gasteiger partial charge in [-0.15, -0.1) is 0 Å². The molecule has 0 bridgehead atoms. The maximum absolute atomic E-state index is 6.18. The minimum atomic E-state index is 0.431. The molecule has 2 heterocycles. The van der Waals surface area contributed by atoms with Gasteiger partial charge in [0.2, 0.25) is 0 Å². The van der Waals surface area contributed by atoms with Crippen LogP contribution < -0.4 is 16.2 Å². The minimum absolute atomic E-state index is 0.431. The number of pyridine rings is 1. The molecule has 0 saturated carbocycles. The quantitative estimate of drug-likeness (QED) is 0.648. The van der Waals surface area contributed by atoms with Gasteiger partial charge in [-0.1, -0.05) is 30.1 Å². The SMILES string of the molecule is CC1CN(c2nc(NN)c(Cl)cc2Cl)CCS1. The maximum atomic E-state index is 6.18. The van der Waals surface area contributed by atoms with Crippen LogP contribution in [0.15, 0.2) is 6.07 Å².